The fourth-order valence-electron chi connectivity index (χ4n) is 3.46. The molecule has 0 atom stereocenters. The van der Waals surface area contributed by atoms with Crippen LogP contribution in [-0.2, 0) is 6.54 Å². The first-order valence-corrected chi connectivity index (χ1v) is 11.0. The van der Waals surface area contributed by atoms with Gasteiger partial charge in [0, 0.05) is 34.5 Å². The average Bonchev–Trinajstić information content (AvgIpc) is 2.85. The third kappa shape index (κ3) is 5.41. The molecule has 0 fully saturated rings. The van der Waals surface area contributed by atoms with E-state index < -0.39 is 11.6 Å². The number of pyridine rings is 1. The maximum Gasteiger partial charge on any atom is 0.196 e. The van der Waals surface area contributed by atoms with Gasteiger partial charge in [-0.15, -0.1) is 0 Å². The number of benzene rings is 3. The zero-order valence-electron chi connectivity index (χ0n) is 18.3. The van der Waals surface area contributed by atoms with Gasteiger partial charge in [0.05, 0.1) is 12.2 Å². The Bertz CT molecular complexity index is 1310. The van der Waals surface area contributed by atoms with E-state index >= 15 is 0 Å². The van der Waals surface area contributed by atoms with Crippen molar-refractivity contribution in [2.75, 3.05) is 11.9 Å². The zero-order chi connectivity index (χ0) is 24.1. The van der Waals surface area contributed by atoms with Crippen molar-refractivity contribution in [3.8, 4) is 16.9 Å². The molecule has 34 heavy (non-hydrogen) atoms. The maximum absolute atomic E-state index is 14.1. The predicted molar refractivity (Wildman–Crippen MR) is 129 cm³/mol. The summed E-state index contributed by atoms with van der Waals surface area (Å²) in [5.74, 6) is -0.371. The van der Waals surface area contributed by atoms with Crippen LogP contribution in [0.25, 0.3) is 11.1 Å². The van der Waals surface area contributed by atoms with Crippen LogP contribution < -0.4 is 10.1 Å². The molecule has 1 heterocycles. The molecule has 7 heteroatoms. The number of ketones is 1. The molecule has 1 N–H and O–H groups in total. The van der Waals surface area contributed by atoms with E-state index in [0.717, 1.165) is 35.1 Å². The van der Waals surface area contributed by atoms with Gasteiger partial charge in [-0.05, 0) is 73.2 Å². The van der Waals surface area contributed by atoms with Crippen molar-refractivity contribution < 1.29 is 18.3 Å². The molecule has 0 bridgehead atoms. The standard InChI is InChI=1S/C27H21ClF2N2O2/c1-2-34-23-10-5-17(6-11-23)19-14-24(26(33)18-3-7-21(28)8-4-18)27(31-15-19)32-16-20-13-22(29)9-12-25(20)30/h3-15H,2,16H2,1H3,(H,31,32). The second-order valence-corrected chi connectivity index (χ2v) is 7.94. The minimum absolute atomic E-state index is 0.0418. The highest BCUT2D eigenvalue weighted by atomic mass is 35.5. The van der Waals surface area contributed by atoms with Crippen LogP contribution >= 0.6 is 11.6 Å². The van der Waals surface area contributed by atoms with Crippen LogP contribution in [0.1, 0.15) is 28.4 Å². The Kier molecular flexibility index (Phi) is 7.18. The van der Waals surface area contributed by atoms with Crippen LogP contribution in [0.5, 0.6) is 5.75 Å². The molecule has 0 aliphatic carbocycles. The number of aromatic nitrogens is 1. The molecule has 0 amide bonds. The Labute approximate surface area is 201 Å². The Morgan fingerprint density at radius 3 is 2.41 bits per heavy atom. The number of hydrogen-bond acceptors (Lipinski definition) is 4. The van der Waals surface area contributed by atoms with Crippen molar-refractivity contribution in [1.82, 2.24) is 4.98 Å². The molecule has 0 spiro atoms. The van der Waals surface area contributed by atoms with E-state index in [4.69, 9.17) is 16.3 Å². The summed E-state index contributed by atoms with van der Waals surface area (Å²) in [6.07, 6.45) is 1.62. The molecular weight excluding hydrogens is 458 g/mol. The van der Waals surface area contributed by atoms with Crippen LogP contribution in [0, 0.1) is 11.6 Å². The predicted octanol–water partition coefficient (Wildman–Crippen LogP) is 6.92. The van der Waals surface area contributed by atoms with Crippen LogP contribution in [0.3, 0.4) is 0 Å². The third-order valence-corrected chi connectivity index (χ3v) is 5.44. The lowest BCUT2D eigenvalue weighted by atomic mass is 9.99. The first-order valence-electron chi connectivity index (χ1n) is 10.7. The minimum Gasteiger partial charge on any atom is -0.494 e. The van der Waals surface area contributed by atoms with Gasteiger partial charge in [-0.2, -0.15) is 0 Å². The molecule has 0 radical (unpaired) electrons. The molecule has 4 nitrogen and oxygen atoms in total. The van der Waals surface area contributed by atoms with Crippen molar-refractivity contribution in [2.45, 2.75) is 13.5 Å². The van der Waals surface area contributed by atoms with Crippen molar-refractivity contribution >= 4 is 23.2 Å². The number of ether oxygens (including phenoxy) is 1. The first kappa shape index (κ1) is 23.4. The Hall–Kier alpha value is -3.77. The van der Waals surface area contributed by atoms with Crippen molar-refractivity contribution in [3.05, 3.63) is 112 Å². The first-order chi connectivity index (χ1) is 16.4. The summed E-state index contributed by atoms with van der Waals surface area (Å²) in [5, 5.41) is 3.49. The largest absolute Gasteiger partial charge is 0.494 e. The number of carbonyl (C=O) groups excluding carboxylic acids is 1. The van der Waals surface area contributed by atoms with Gasteiger partial charge < -0.3 is 10.1 Å². The van der Waals surface area contributed by atoms with Gasteiger partial charge in [0.2, 0.25) is 0 Å². The second kappa shape index (κ2) is 10.4. The number of halogens is 3. The van der Waals surface area contributed by atoms with Crippen molar-refractivity contribution in [3.63, 3.8) is 0 Å². The van der Waals surface area contributed by atoms with Gasteiger partial charge >= 0.3 is 0 Å². The monoisotopic (exact) mass is 478 g/mol. The van der Waals surface area contributed by atoms with Gasteiger partial charge in [-0.1, -0.05) is 23.7 Å². The fourth-order valence-corrected chi connectivity index (χ4v) is 3.59. The fraction of sp³-hybridized carbons (Fsp3) is 0.111. The Morgan fingerprint density at radius 2 is 1.71 bits per heavy atom. The lowest BCUT2D eigenvalue weighted by Crippen LogP contribution is -2.11. The molecule has 1 aromatic heterocycles. The summed E-state index contributed by atoms with van der Waals surface area (Å²) in [6, 6.07) is 18.9. The lowest BCUT2D eigenvalue weighted by molar-refractivity contribution is 0.103. The molecule has 0 aliphatic heterocycles. The molecule has 3 aromatic carbocycles. The molecule has 4 rings (SSSR count). The van der Waals surface area contributed by atoms with E-state index in [1.807, 2.05) is 31.2 Å². The van der Waals surface area contributed by atoms with E-state index in [0.29, 0.717) is 22.8 Å². The number of hydrogen-bond donors (Lipinski definition) is 1. The van der Waals surface area contributed by atoms with Crippen LogP contribution in [0.15, 0.2) is 79.0 Å². The SMILES string of the molecule is CCOc1ccc(-c2cnc(NCc3cc(F)ccc3F)c(C(=O)c3ccc(Cl)cc3)c2)cc1. The molecule has 0 unspecified atom stereocenters. The Balaban J connectivity index is 1.70. The van der Waals surface area contributed by atoms with E-state index in [1.165, 1.54) is 0 Å². The van der Waals surface area contributed by atoms with Crippen LogP contribution in [0.4, 0.5) is 14.6 Å². The minimum atomic E-state index is -0.550. The van der Waals surface area contributed by atoms with Crippen LogP contribution in [-0.4, -0.2) is 17.4 Å². The number of nitrogens with one attached hydrogen (secondary N) is 1. The molecular formula is C27H21ClF2N2O2. The lowest BCUT2D eigenvalue weighted by Gasteiger charge is -2.13. The molecule has 0 saturated carbocycles. The molecule has 0 saturated heterocycles. The highest BCUT2D eigenvalue weighted by molar-refractivity contribution is 6.30. The highest BCUT2D eigenvalue weighted by Gasteiger charge is 2.17. The summed E-state index contributed by atoms with van der Waals surface area (Å²) in [7, 11) is 0. The van der Waals surface area contributed by atoms with E-state index in [9.17, 15) is 13.6 Å². The van der Waals surface area contributed by atoms with E-state index in [1.54, 1.807) is 36.5 Å². The van der Waals surface area contributed by atoms with Gasteiger partial charge in [0.15, 0.2) is 5.78 Å². The number of rotatable bonds is 8. The number of nitrogens with zero attached hydrogens (tertiary/aromatic N) is 1. The summed E-state index contributed by atoms with van der Waals surface area (Å²) in [6.45, 7) is 2.43. The van der Waals surface area contributed by atoms with E-state index in [-0.39, 0.29) is 23.7 Å². The highest BCUT2D eigenvalue weighted by Crippen LogP contribution is 2.28. The topological polar surface area (TPSA) is 51.2 Å². The summed E-state index contributed by atoms with van der Waals surface area (Å²) in [5.41, 5.74) is 2.43. The molecule has 172 valence electrons. The van der Waals surface area contributed by atoms with Gasteiger partial charge in [0.1, 0.15) is 23.2 Å². The Morgan fingerprint density at radius 1 is 0.971 bits per heavy atom. The number of carbonyl (C=O) groups is 1. The average molecular weight is 479 g/mol. The van der Waals surface area contributed by atoms with Crippen molar-refractivity contribution in [1.29, 1.82) is 0 Å². The summed E-state index contributed by atoms with van der Waals surface area (Å²) < 4.78 is 33.1. The molecule has 4 aromatic rings. The van der Waals surface area contributed by atoms with Gasteiger partial charge in [-0.3, -0.25) is 4.79 Å². The van der Waals surface area contributed by atoms with Gasteiger partial charge in [-0.25, -0.2) is 13.8 Å². The zero-order valence-corrected chi connectivity index (χ0v) is 19.1. The summed E-state index contributed by atoms with van der Waals surface area (Å²) in [4.78, 5) is 17.8. The van der Waals surface area contributed by atoms with Crippen LogP contribution in [0.2, 0.25) is 5.02 Å². The maximum atomic E-state index is 14.1. The van der Waals surface area contributed by atoms with Gasteiger partial charge in [0.25, 0.3) is 0 Å². The smallest absolute Gasteiger partial charge is 0.196 e. The third-order valence-electron chi connectivity index (χ3n) is 5.19. The van der Waals surface area contributed by atoms with E-state index in [2.05, 4.69) is 10.3 Å². The summed E-state index contributed by atoms with van der Waals surface area (Å²) >= 11 is 5.97. The second-order valence-electron chi connectivity index (χ2n) is 7.50. The van der Waals surface area contributed by atoms with Crippen molar-refractivity contribution in [2.24, 2.45) is 0 Å². The quantitative estimate of drug-likeness (QED) is 0.279. The molecule has 0 aliphatic rings. The number of anilines is 1. The normalized spacial score (nSPS) is 10.7.